The molecule has 0 unspecified atom stereocenters. The van der Waals surface area contributed by atoms with Crippen molar-refractivity contribution in [1.82, 2.24) is 15.0 Å². The Morgan fingerprint density at radius 3 is 2.46 bits per heavy atom. The van der Waals surface area contributed by atoms with Crippen molar-refractivity contribution in [3.63, 3.8) is 0 Å². The van der Waals surface area contributed by atoms with Crippen LogP contribution in [0.25, 0.3) is 11.3 Å². The molecule has 3 rings (SSSR count). The molecule has 2 heterocycles. The molecule has 0 bridgehead atoms. The zero-order valence-electron chi connectivity index (χ0n) is 15.2. The summed E-state index contributed by atoms with van der Waals surface area (Å²) in [6.45, 7) is 4.30. The van der Waals surface area contributed by atoms with Crippen molar-refractivity contribution >= 4 is 23.5 Å². The Morgan fingerprint density at radius 1 is 1.15 bits per heavy atom. The molecule has 0 spiro atoms. The third kappa shape index (κ3) is 4.03. The van der Waals surface area contributed by atoms with Crippen molar-refractivity contribution in [2.45, 2.75) is 36.7 Å². The van der Waals surface area contributed by atoms with Crippen molar-refractivity contribution in [2.75, 3.05) is 25.2 Å². The van der Waals surface area contributed by atoms with Gasteiger partial charge in [0.15, 0.2) is 6.23 Å². The lowest BCUT2D eigenvalue weighted by molar-refractivity contribution is -0.0268. The van der Waals surface area contributed by atoms with Crippen LogP contribution in [0.15, 0.2) is 30.5 Å². The van der Waals surface area contributed by atoms with Gasteiger partial charge >= 0.3 is 0 Å². The van der Waals surface area contributed by atoms with Crippen LogP contribution in [0.4, 0.5) is 0 Å². The average molecular weight is 396 g/mol. The predicted molar refractivity (Wildman–Crippen MR) is 107 cm³/mol. The van der Waals surface area contributed by atoms with Gasteiger partial charge in [-0.1, -0.05) is 19.1 Å². The van der Waals surface area contributed by atoms with Crippen LogP contribution in [0.2, 0.25) is 0 Å². The second-order valence-electron chi connectivity index (χ2n) is 5.90. The van der Waals surface area contributed by atoms with Crippen LogP contribution in [-0.2, 0) is 4.74 Å². The first-order valence-corrected chi connectivity index (χ1v) is 10.9. The van der Waals surface area contributed by atoms with E-state index in [1.165, 1.54) is 0 Å². The van der Waals surface area contributed by atoms with E-state index in [2.05, 4.69) is 24.2 Å². The number of ether oxygens (including phenoxy) is 2. The summed E-state index contributed by atoms with van der Waals surface area (Å²) < 4.78 is 13.2. The van der Waals surface area contributed by atoms with Crippen LogP contribution >= 0.6 is 23.5 Å². The number of nitrogens with zero attached hydrogens (tertiary/aromatic N) is 3. The lowest BCUT2D eigenvalue weighted by Crippen LogP contribution is -2.29. The van der Waals surface area contributed by atoms with Crippen LogP contribution in [0.5, 0.6) is 5.75 Å². The zero-order chi connectivity index (χ0) is 18.5. The first-order valence-electron chi connectivity index (χ1n) is 8.77. The SMILES string of the molecule is CCS[C@@H]1[C@H](SCC)[C@@H](CO)O[C@H]1n1cc(-c2ccc(OC)cc2)nn1. The van der Waals surface area contributed by atoms with E-state index in [1.807, 2.05) is 54.0 Å². The third-order valence-corrected chi connectivity index (χ3v) is 7.07. The molecule has 6 nitrogen and oxygen atoms in total. The highest BCUT2D eigenvalue weighted by atomic mass is 32.2. The summed E-state index contributed by atoms with van der Waals surface area (Å²) in [5.41, 5.74) is 1.77. The van der Waals surface area contributed by atoms with E-state index in [-0.39, 0.29) is 29.4 Å². The first-order chi connectivity index (χ1) is 12.7. The number of hydrogen-bond acceptors (Lipinski definition) is 7. The summed E-state index contributed by atoms with van der Waals surface area (Å²) in [6.07, 6.45) is 1.52. The van der Waals surface area contributed by atoms with Gasteiger partial charge in [0, 0.05) is 10.8 Å². The number of thioether (sulfide) groups is 2. The zero-order valence-corrected chi connectivity index (χ0v) is 16.9. The molecular weight excluding hydrogens is 370 g/mol. The molecule has 1 aromatic heterocycles. The molecule has 1 aromatic carbocycles. The summed E-state index contributed by atoms with van der Waals surface area (Å²) in [6, 6.07) is 7.75. The maximum atomic E-state index is 9.74. The molecule has 1 aliphatic rings. The maximum absolute atomic E-state index is 9.74. The largest absolute Gasteiger partial charge is 0.497 e. The van der Waals surface area contributed by atoms with Gasteiger partial charge in [0.25, 0.3) is 0 Å². The molecular formula is C18H25N3O3S2. The second-order valence-corrected chi connectivity index (χ2v) is 8.81. The minimum Gasteiger partial charge on any atom is -0.497 e. The number of rotatable bonds is 8. The molecule has 0 saturated carbocycles. The number of hydrogen-bond donors (Lipinski definition) is 1. The molecule has 0 amide bonds. The van der Waals surface area contributed by atoms with Crippen LogP contribution in [0, 0.1) is 0 Å². The number of methoxy groups -OCH3 is 1. The van der Waals surface area contributed by atoms with Crippen molar-refractivity contribution < 1.29 is 14.6 Å². The topological polar surface area (TPSA) is 69.4 Å². The molecule has 4 atom stereocenters. The number of aliphatic hydroxyl groups is 1. The van der Waals surface area contributed by atoms with E-state index in [0.29, 0.717) is 0 Å². The third-order valence-electron chi connectivity index (χ3n) is 4.34. The van der Waals surface area contributed by atoms with E-state index in [0.717, 1.165) is 28.5 Å². The number of benzene rings is 1. The Balaban J connectivity index is 1.83. The van der Waals surface area contributed by atoms with Gasteiger partial charge in [0.2, 0.25) is 0 Å². The monoisotopic (exact) mass is 395 g/mol. The van der Waals surface area contributed by atoms with Gasteiger partial charge in [0.05, 0.1) is 31.3 Å². The van der Waals surface area contributed by atoms with E-state index in [4.69, 9.17) is 9.47 Å². The Kier molecular flexibility index (Phi) is 6.86. The number of aromatic nitrogens is 3. The second kappa shape index (κ2) is 9.12. The standard InChI is InChI=1S/C18H25N3O3S2/c1-4-25-16-15(11-22)24-18(17(16)26-5-2)21-10-14(19-20-21)12-6-8-13(23-3)9-7-12/h6-10,15-18,22H,4-5,11H2,1-3H3/t15-,16-,17-,18-/m1/s1. The fraction of sp³-hybridized carbons (Fsp3) is 0.556. The highest BCUT2D eigenvalue weighted by Gasteiger charge is 2.45. The van der Waals surface area contributed by atoms with E-state index in [1.54, 1.807) is 11.8 Å². The number of aliphatic hydroxyl groups excluding tert-OH is 1. The predicted octanol–water partition coefficient (Wildman–Crippen LogP) is 3.09. The first kappa shape index (κ1) is 19.5. The van der Waals surface area contributed by atoms with Crippen LogP contribution in [0.3, 0.4) is 0 Å². The highest BCUT2D eigenvalue weighted by Crippen LogP contribution is 2.43. The van der Waals surface area contributed by atoms with Crippen LogP contribution in [0.1, 0.15) is 20.1 Å². The molecule has 2 aromatic rings. The molecule has 1 aliphatic heterocycles. The lowest BCUT2D eigenvalue weighted by Gasteiger charge is -2.21. The fourth-order valence-electron chi connectivity index (χ4n) is 3.13. The minimum atomic E-state index is -0.222. The molecule has 26 heavy (non-hydrogen) atoms. The van der Waals surface area contributed by atoms with Gasteiger partial charge < -0.3 is 14.6 Å². The van der Waals surface area contributed by atoms with Gasteiger partial charge in [-0.15, -0.1) is 5.10 Å². The smallest absolute Gasteiger partial charge is 0.165 e. The van der Waals surface area contributed by atoms with Crippen molar-refractivity contribution in [3.8, 4) is 17.0 Å². The maximum Gasteiger partial charge on any atom is 0.165 e. The molecule has 1 fully saturated rings. The Hall–Kier alpha value is -1.22. The quantitative estimate of drug-likeness (QED) is 0.736. The van der Waals surface area contributed by atoms with E-state index >= 15 is 0 Å². The molecule has 8 heteroatoms. The minimum absolute atomic E-state index is 0.0228. The molecule has 0 radical (unpaired) electrons. The average Bonchev–Trinajstić information content (AvgIpc) is 3.28. The van der Waals surface area contributed by atoms with E-state index in [9.17, 15) is 5.11 Å². The van der Waals surface area contributed by atoms with Gasteiger partial charge in [0.1, 0.15) is 11.4 Å². The fourth-order valence-corrected chi connectivity index (χ4v) is 5.78. The van der Waals surface area contributed by atoms with E-state index < -0.39 is 0 Å². The Labute approximate surface area is 162 Å². The lowest BCUT2D eigenvalue weighted by atomic mass is 10.1. The highest BCUT2D eigenvalue weighted by molar-refractivity contribution is 8.03. The van der Waals surface area contributed by atoms with Gasteiger partial charge in [-0.3, -0.25) is 0 Å². The van der Waals surface area contributed by atoms with Crippen molar-refractivity contribution in [2.24, 2.45) is 0 Å². The van der Waals surface area contributed by atoms with Gasteiger partial charge in [-0.25, -0.2) is 4.68 Å². The van der Waals surface area contributed by atoms with Crippen molar-refractivity contribution in [1.29, 1.82) is 0 Å². The Bertz CT molecular complexity index is 695. The molecule has 0 aliphatic carbocycles. The van der Waals surface area contributed by atoms with Crippen LogP contribution < -0.4 is 4.74 Å². The normalized spacial score (nSPS) is 25.5. The summed E-state index contributed by atoms with van der Waals surface area (Å²) in [7, 11) is 1.65. The van der Waals surface area contributed by atoms with Gasteiger partial charge in [-0.05, 0) is 35.8 Å². The van der Waals surface area contributed by atoms with Crippen LogP contribution in [-0.4, -0.2) is 61.9 Å². The summed E-state index contributed by atoms with van der Waals surface area (Å²) >= 11 is 3.70. The molecule has 142 valence electrons. The molecule has 1 N–H and O–H groups in total. The summed E-state index contributed by atoms with van der Waals surface area (Å²) in [4.78, 5) is 0. The summed E-state index contributed by atoms with van der Waals surface area (Å²) in [5, 5.41) is 18.9. The van der Waals surface area contributed by atoms with Crippen molar-refractivity contribution in [3.05, 3.63) is 30.5 Å². The van der Waals surface area contributed by atoms with Gasteiger partial charge in [-0.2, -0.15) is 23.5 Å². The molecule has 1 saturated heterocycles. The Morgan fingerprint density at radius 2 is 1.85 bits per heavy atom. The summed E-state index contributed by atoms with van der Waals surface area (Å²) in [5.74, 6) is 2.79.